The van der Waals surface area contributed by atoms with E-state index in [1.807, 2.05) is 41.8 Å². The normalized spacial score (nSPS) is 17.9. The number of fused-ring (bicyclic) bond motifs is 2. The second-order valence-corrected chi connectivity index (χ2v) is 17.1. The van der Waals surface area contributed by atoms with Gasteiger partial charge < -0.3 is 34.6 Å². The molecule has 20 heteroatoms. The first-order valence-electron chi connectivity index (χ1n) is 23.0. The number of rotatable bonds is 17. The van der Waals surface area contributed by atoms with Gasteiger partial charge >= 0.3 is 0 Å². The number of nitrogens with two attached hydrogens (primary N) is 1. The van der Waals surface area contributed by atoms with Gasteiger partial charge in [0.1, 0.15) is 29.0 Å². The zero-order valence-corrected chi connectivity index (χ0v) is 37.9. The Morgan fingerprint density at radius 1 is 0.765 bits per heavy atom. The van der Waals surface area contributed by atoms with E-state index in [9.17, 15) is 24.0 Å². The summed E-state index contributed by atoms with van der Waals surface area (Å²) in [6.45, 7) is 10.1. The average molecular weight is 932 g/mol. The van der Waals surface area contributed by atoms with Crippen LogP contribution in [0.1, 0.15) is 45.8 Å². The minimum Gasteiger partial charge on any atom is -0.384 e. The van der Waals surface area contributed by atoms with Gasteiger partial charge in [0.2, 0.25) is 17.7 Å². The molecular formula is C48H54FN11O8. The standard InChI is InChI=1S/C48H54FN11O8/c1-31-52-39-6-5-38(32-10-12-51-42(50)28-32)53-45(39)59(31)34-3-7-40(37(49)30-34)57-15-13-55(14-16-57)21-23-67-25-27-68-26-24-66-22-11-44(62)58-19-17-56(18-20-58)33-2-4-35-36(29-33)48(65)60(47(35)64)41-8-9-43(61)54-46(41)63/h2-7,10,12,28-30,41H,8-9,11,13-27H2,1H3,(H2,50,51)(H,54,61,63). The van der Waals surface area contributed by atoms with Crippen LogP contribution >= 0.6 is 0 Å². The van der Waals surface area contributed by atoms with Crippen molar-refractivity contribution >= 4 is 57.9 Å². The van der Waals surface area contributed by atoms with Gasteiger partial charge in [0, 0.05) is 88.8 Å². The van der Waals surface area contributed by atoms with E-state index in [1.54, 1.807) is 41.4 Å². The zero-order valence-electron chi connectivity index (χ0n) is 37.9. The topological polar surface area (TPSA) is 211 Å². The van der Waals surface area contributed by atoms with Gasteiger partial charge in [-0.25, -0.2) is 19.3 Å². The first-order chi connectivity index (χ1) is 33.0. The zero-order chi connectivity index (χ0) is 47.3. The predicted molar refractivity (Wildman–Crippen MR) is 249 cm³/mol. The number of piperazine rings is 2. The molecule has 0 bridgehead atoms. The molecule has 1 unspecified atom stereocenters. The fourth-order valence-corrected chi connectivity index (χ4v) is 9.17. The maximum atomic E-state index is 15.7. The number of aromatic nitrogens is 4. The lowest BCUT2D eigenvalue weighted by atomic mass is 10.0. The summed E-state index contributed by atoms with van der Waals surface area (Å²) in [6.07, 6.45) is 2.05. The number of pyridine rings is 2. The number of aryl methyl sites for hydroxylation is 1. The van der Waals surface area contributed by atoms with Crippen LogP contribution in [0.15, 0.2) is 66.9 Å². The molecule has 68 heavy (non-hydrogen) atoms. The number of amides is 5. The summed E-state index contributed by atoms with van der Waals surface area (Å²) >= 11 is 0. The molecule has 5 amide bonds. The molecule has 4 aliphatic heterocycles. The smallest absolute Gasteiger partial charge is 0.262 e. The van der Waals surface area contributed by atoms with Gasteiger partial charge in [0.25, 0.3) is 11.8 Å². The number of ether oxygens (including phenoxy) is 3. The third kappa shape index (κ3) is 10.0. The van der Waals surface area contributed by atoms with E-state index in [1.165, 1.54) is 0 Å². The lowest BCUT2D eigenvalue weighted by Gasteiger charge is -2.36. The molecule has 9 rings (SSSR count). The molecule has 0 saturated carbocycles. The Labute approximate surface area is 391 Å². The number of piperidine rings is 1. The molecule has 7 heterocycles. The van der Waals surface area contributed by atoms with E-state index in [0.717, 1.165) is 41.5 Å². The Morgan fingerprint density at radius 3 is 2.21 bits per heavy atom. The highest BCUT2D eigenvalue weighted by Gasteiger charge is 2.45. The molecule has 1 atom stereocenters. The lowest BCUT2D eigenvalue weighted by Crippen LogP contribution is -2.54. The first-order valence-corrected chi connectivity index (χ1v) is 23.0. The van der Waals surface area contributed by atoms with Crippen molar-refractivity contribution in [2.45, 2.75) is 32.2 Å². The number of halogens is 1. The van der Waals surface area contributed by atoms with Crippen LogP contribution in [-0.4, -0.2) is 168 Å². The molecule has 4 aliphatic rings. The molecular weight excluding hydrogens is 878 g/mol. The van der Waals surface area contributed by atoms with E-state index in [-0.39, 0.29) is 48.7 Å². The summed E-state index contributed by atoms with van der Waals surface area (Å²) in [4.78, 5) is 86.0. The van der Waals surface area contributed by atoms with E-state index >= 15 is 4.39 Å². The van der Waals surface area contributed by atoms with Crippen LogP contribution in [0.3, 0.4) is 0 Å². The van der Waals surface area contributed by atoms with Crippen LogP contribution in [0.5, 0.6) is 0 Å². The van der Waals surface area contributed by atoms with Crippen molar-refractivity contribution in [1.29, 1.82) is 0 Å². The molecule has 3 aromatic heterocycles. The Balaban J connectivity index is 0.619. The minimum absolute atomic E-state index is 0.00614. The number of nitrogens with one attached hydrogen (secondary N) is 1. The lowest BCUT2D eigenvalue weighted by molar-refractivity contribution is -0.136. The number of benzene rings is 2. The minimum atomic E-state index is -1.02. The summed E-state index contributed by atoms with van der Waals surface area (Å²) < 4.78 is 34.7. The Hall–Kier alpha value is -6.87. The summed E-state index contributed by atoms with van der Waals surface area (Å²) in [6, 6.07) is 16.7. The molecule has 19 nitrogen and oxygen atoms in total. The van der Waals surface area contributed by atoms with E-state index in [4.69, 9.17) is 24.9 Å². The fourth-order valence-electron chi connectivity index (χ4n) is 9.17. The molecule has 356 valence electrons. The van der Waals surface area contributed by atoms with Gasteiger partial charge in [0.15, 0.2) is 5.65 Å². The van der Waals surface area contributed by atoms with Crippen LogP contribution in [0.2, 0.25) is 0 Å². The van der Waals surface area contributed by atoms with E-state index in [0.29, 0.717) is 106 Å². The molecule has 3 fully saturated rings. The first kappa shape index (κ1) is 46.2. The van der Waals surface area contributed by atoms with Crippen molar-refractivity contribution in [1.82, 2.24) is 39.5 Å². The van der Waals surface area contributed by atoms with Crippen LogP contribution in [0.4, 0.5) is 21.6 Å². The number of imide groups is 2. The third-order valence-electron chi connectivity index (χ3n) is 12.8. The Bertz CT molecular complexity index is 2720. The van der Waals surface area contributed by atoms with Crippen LogP contribution in [-0.2, 0) is 28.6 Å². The monoisotopic (exact) mass is 931 g/mol. The maximum absolute atomic E-state index is 15.7. The largest absolute Gasteiger partial charge is 0.384 e. The Morgan fingerprint density at radius 2 is 1.47 bits per heavy atom. The van der Waals surface area contributed by atoms with Crippen LogP contribution in [0.25, 0.3) is 28.1 Å². The molecule has 2 aromatic carbocycles. The van der Waals surface area contributed by atoms with Crippen molar-refractivity contribution in [3.8, 4) is 16.9 Å². The van der Waals surface area contributed by atoms with Gasteiger partial charge in [0.05, 0.1) is 74.3 Å². The number of nitrogens with zero attached hydrogens (tertiary/aromatic N) is 9. The molecule has 0 spiro atoms. The molecule has 3 saturated heterocycles. The number of carbonyl (C=O) groups is 5. The van der Waals surface area contributed by atoms with Crippen molar-refractivity contribution in [3.05, 3.63) is 89.6 Å². The maximum Gasteiger partial charge on any atom is 0.262 e. The highest BCUT2D eigenvalue weighted by molar-refractivity contribution is 6.23. The number of nitrogen functional groups attached to an aromatic ring is 1. The van der Waals surface area contributed by atoms with Gasteiger partial charge in [-0.1, -0.05) is 0 Å². The average Bonchev–Trinajstić information content (AvgIpc) is 3.80. The van der Waals surface area contributed by atoms with E-state index < -0.39 is 29.7 Å². The summed E-state index contributed by atoms with van der Waals surface area (Å²) in [5, 5.41) is 2.21. The third-order valence-corrected chi connectivity index (χ3v) is 12.8. The molecule has 3 N–H and O–H groups in total. The Kier molecular flexibility index (Phi) is 14.0. The SMILES string of the molecule is Cc1nc2ccc(-c3ccnc(N)c3)nc2n1-c1ccc(N2CCN(CCOCCOCCOCCC(=O)N3CCN(c4ccc5c(c4)C(=O)N(C4CCC(=O)NC4=O)C5=O)CC3)CC2)c(F)c1. The second-order valence-electron chi connectivity index (χ2n) is 17.1. The van der Waals surface area contributed by atoms with Crippen molar-refractivity contribution in [2.75, 3.05) is 114 Å². The number of carbonyl (C=O) groups excluding carboxylic acids is 5. The van der Waals surface area contributed by atoms with Crippen molar-refractivity contribution in [2.24, 2.45) is 0 Å². The molecule has 5 aromatic rings. The van der Waals surface area contributed by atoms with Gasteiger partial charge in [-0.15, -0.1) is 0 Å². The van der Waals surface area contributed by atoms with Crippen LogP contribution in [0, 0.1) is 12.7 Å². The van der Waals surface area contributed by atoms with Gasteiger partial charge in [-0.3, -0.25) is 43.7 Å². The van der Waals surface area contributed by atoms with Gasteiger partial charge in [-0.2, -0.15) is 0 Å². The second kappa shape index (κ2) is 20.6. The quantitative estimate of drug-likeness (QED) is 0.101. The van der Waals surface area contributed by atoms with Crippen LogP contribution < -0.4 is 20.9 Å². The summed E-state index contributed by atoms with van der Waals surface area (Å²) in [7, 11) is 0. The highest BCUT2D eigenvalue weighted by atomic mass is 19.1. The van der Waals surface area contributed by atoms with Crippen molar-refractivity contribution in [3.63, 3.8) is 0 Å². The molecule has 0 aliphatic carbocycles. The number of imidazole rings is 1. The summed E-state index contributed by atoms with van der Waals surface area (Å²) in [5.41, 5.74) is 11.2. The molecule has 0 radical (unpaired) electrons. The highest BCUT2D eigenvalue weighted by Crippen LogP contribution is 2.32. The summed E-state index contributed by atoms with van der Waals surface area (Å²) in [5.74, 6) is -1.36. The number of anilines is 3. The number of hydrogen-bond donors (Lipinski definition) is 2. The van der Waals surface area contributed by atoms with Gasteiger partial charge in [-0.05, 0) is 67.9 Å². The number of hydrogen-bond acceptors (Lipinski definition) is 15. The van der Waals surface area contributed by atoms with Crippen molar-refractivity contribution < 1.29 is 42.6 Å². The van der Waals surface area contributed by atoms with E-state index in [2.05, 4.69) is 30.0 Å². The predicted octanol–water partition coefficient (Wildman–Crippen LogP) is 2.82. The fraction of sp³-hybridized carbons (Fsp3) is 0.417.